The molecule has 3 aromatic carbocycles. The van der Waals surface area contributed by atoms with E-state index in [0.29, 0.717) is 5.02 Å². The molecule has 4 rings (SSSR count). The number of hydrogen-bond donors (Lipinski definition) is 1. The number of benzene rings is 3. The van der Waals surface area contributed by atoms with Gasteiger partial charge in [-0.3, -0.25) is 0 Å². The minimum atomic E-state index is 0.704. The van der Waals surface area contributed by atoms with Gasteiger partial charge in [-0.2, -0.15) is 0 Å². The summed E-state index contributed by atoms with van der Waals surface area (Å²) in [6.07, 6.45) is 8.37. The first-order valence-corrected chi connectivity index (χ1v) is 11.8. The molecular formula is C27H24ClIN2O. The Morgan fingerprint density at radius 2 is 1.84 bits per heavy atom. The van der Waals surface area contributed by atoms with E-state index in [1.54, 1.807) is 0 Å². The van der Waals surface area contributed by atoms with Crippen molar-refractivity contribution in [3.8, 4) is 0 Å². The molecule has 0 radical (unpaired) electrons. The SMILES string of the molecule is C/C=c1/oc2ccccc2/c1=C/C=C\CN(I)c1cc(Nc2ccccc2Cl)ccc1C. The fourth-order valence-electron chi connectivity index (χ4n) is 3.55. The quantitative estimate of drug-likeness (QED) is 0.203. The fourth-order valence-corrected chi connectivity index (χ4v) is 4.48. The molecule has 0 spiro atoms. The van der Waals surface area contributed by atoms with Gasteiger partial charge in [0.15, 0.2) is 0 Å². The average Bonchev–Trinajstić information content (AvgIpc) is 3.17. The van der Waals surface area contributed by atoms with Gasteiger partial charge in [0.2, 0.25) is 0 Å². The maximum atomic E-state index is 6.30. The van der Waals surface area contributed by atoms with Crippen LogP contribution in [0.5, 0.6) is 0 Å². The number of anilines is 3. The number of rotatable bonds is 6. The van der Waals surface area contributed by atoms with Crippen molar-refractivity contribution < 1.29 is 4.42 Å². The normalized spacial score (nSPS) is 12.8. The molecule has 3 nitrogen and oxygen atoms in total. The molecular weight excluding hydrogens is 531 g/mol. The van der Waals surface area contributed by atoms with Crippen molar-refractivity contribution in [3.63, 3.8) is 0 Å². The standard InChI is InChI=1S/C27H24ClIN2O/c1-3-26-21(22-10-4-7-14-27(22)32-26)11-8-9-17-31(29)25-18-20(16-15-19(25)2)30-24-13-6-5-12-23(24)28/h3-16,18,30H,17H2,1-2H3/b9-8-,21-11-,26-3+. The third-order valence-electron chi connectivity index (χ3n) is 5.21. The number of fused-ring (bicyclic) bond motifs is 1. The van der Waals surface area contributed by atoms with Crippen molar-refractivity contribution in [1.82, 2.24) is 0 Å². The molecule has 0 bridgehead atoms. The summed E-state index contributed by atoms with van der Waals surface area (Å²) >= 11 is 8.66. The van der Waals surface area contributed by atoms with Gasteiger partial charge in [0, 0.05) is 22.8 Å². The molecule has 0 aliphatic heterocycles. The second-order valence-corrected chi connectivity index (χ2v) is 8.98. The van der Waals surface area contributed by atoms with Gasteiger partial charge in [-0.15, -0.1) is 0 Å². The first-order chi connectivity index (χ1) is 15.6. The van der Waals surface area contributed by atoms with Crippen LogP contribution in [0, 0.1) is 6.92 Å². The lowest BCUT2D eigenvalue weighted by atomic mass is 10.1. The van der Waals surface area contributed by atoms with Crippen LogP contribution < -0.4 is 19.1 Å². The van der Waals surface area contributed by atoms with Crippen LogP contribution in [0.2, 0.25) is 5.02 Å². The van der Waals surface area contributed by atoms with Crippen molar-refractivity contribution in [2.24, 2.45) is 0 Å². The molecule has 1 N–H and O–H groups in total. The number of aryl methyl sites for hydroxylation is 1. The number of hydrogen-bond acceptors (Lipinski definition) is 3. The van der Waals surface area contributed by atoms with Crippen LogP contribution >= 0.6 is 34.5 Å². The highest BCUT2D eigenvalue weighted by Crippen LogP contribution is 2.30. The predicted octanol–water partition coefficient (Wildman–Crippen LogP) is 7.13. The average molecular weight is 555 g/mol. The van der Waals surface area contributed by atoms with Gasteiger partial charge < -0.3 is 12.8 Å². The molecule has 0 saturated carbocycles. The summed E-state index contributed by atoms with van der Waals surface area (Å²) in [5.74, 6) is 0. The number of furan rings is 1. The number of nitrogens with zero attached hydrogens (tertiary/aromatic N) is 1. The van der Waals surface area contributed by atoms with Gasteiger partial charge in [-0.1, -0.05) is 66.2 Å². The Balaban J connectivity index is 1.52. The minimum Gasteiger partial charge on any atom is -0.456 e. The van der Waals surface area contributed by atoms with Gasteiger partial charge in [0.1, 0.15) is 11.0 Å². The summed E-state index contributed by atoms with van der Waals surface area (Å²) in [7, 11) is 0. The maximum absolute atomic E-state index is 6.30. The summed E-state index contributed by atoms with van der Waals surface area (Å²) in [5, 5.41) is 6.36. The largest absolute Gasteiger partial charge is 0.456 e. The molecule has 0 fully saturated rings. The summed E-state index contributed by atoms with van der Waals surface area (Å²) in [6, 6.07) is 22.2. The molecule has 5 heteroatoms. The van der Waals surface area contributed by atoms with E-state index in [2.05, 4.69) is 80.7 Å². The summed E-state index contributed by atoms with van der Waals surface area (Å²) in [5.41, 5.74) is 6.08. The zero-order chi connectivity index (χ0) is 22.5. The lowest BCUT2D eigenvalue weighted by Crippen LogP contribution is -2.19. The van der Waals surface area contributed by atoms with Crippen LogP contribution in [-0.4, -0.2) is 6.54 Å². The molecule has 162 valence electrons. The fraction of sp³-hybridized carbons (Fsp3) is 0.111. The third-order valence-corrected chi connectivity index (χ3v) is 6.46. The van der Waals surface area contributed by atoms with Gasteiger partial charge in [0.25, 0.3) is 0 Å². The number of para-hydroxylation sites is 2. The molecule has 0 saturated heterocycles. The van der Waals surface area contributed by atoms with Crippen molar-refractivity contribution in [2.45, 2.75) is 13.8 Å². The monoisotopic (exact) mass is 554 g/mol. The van der Waals surface area contributed by atoms with E-state index >= 15 is 0 Å². The van der Waals surface area contributed by atoms with E-state index in [1.807, 2.05) is 55.5 Å². The van der Waals surface area contributed by atoms with Gasteiger partial charge in [-0.25, -0.2) is 0 Å². The predicted molar refractivity (Wildman–Crippen MR) is 146 cm³/mol. The first-order valence-electron chi connectivity index (χ1n) is 10.4. The van der Waals surface area contributed by atoms with E-state index in [4.69, 9.17) is 16.0 Å². The van der Waals surface area contributed by atoms with E-state index in [1.165, 1.54) is 5.56 Å². The lowest BCUT2D eigenvalue weighted by Gasteiger charge is -2.19. The van der Waals surface area contributed by atoms with Crippen LogP contribution in [-0.2, 0) is 0 Å². The van der Waals surface area contributed by atoms with Gasteiger partial charge in [0.05, 0.1) is 39.3 Å². The molecule has 0 aliphatic rings. The summed E-state index contributed by atoms with van der Waals surface area (Å²) in [6.45, 7) is 4.89. The molecule has 4 aromatic rings. The van der Waals surface area contributed by atoms with Gasteiger partial charge >= 0.3 is 0 Å². The maximum Gasteiger partial charge on any atom is 0.135 e. The highest BCUT2D eigenvalue weighted by atomic mass is 127. The highest BCUT2D eigenvalue weighted by molar-refractivity contribution is 14.1. The van der Waals surface area contributed by atoms with Crippen LogP contribution in [0.15, 0.2) is 83.3 Å². The van der Waals surface area contributed by atoms with Crippen LogP contribution in [0.25, 0.3) is 23.1 Å². The lowest BCUT2D eigenvalue weighted by molar-refractivity contribution is 0.575. The third kappa shape index (κ3) is 5.03. The number of allylic oxidation sites excluding steroid dienone is 1. The Bertz CT molecular complexity index is 1390. The zero-order valence-electron chi connectivity index (χ0n) is 18.0. The molecule has 0 amide bonds. The Hall–Kier alpha value is -2.70. The Kier molecular flexibility index (Phi) is 7.22. The number of halogens is 2. The van der Waals surface area contributed by atoms with Crippen molar-refractivity contribution in [2.75, 3.05) is 15.0 Å². The van der Waals surface area contributed by atoms with E-state index in [0.717, 1.165) is 45.2 Å². The van der Waals surface area contributed by atoms with Crippen molar-refractivity contribution >= 4 is 74.6 Å². The topological polar surface area (TPSA) is 28.4 Å². The van der Waals surface area contributed by atoms with E-state index < -0.39 is 0 Å². The Labute approximate surface area is 207 Å². The van der Waals surface area contributed by atoms with Crippen LogP contribution in [0.4, 0.5) is 17.1 Å². The molecule has 1 heterocycles. The minimum absolute atomic E-state index is 0.704. The molecule has 0 atom stereocenters. The van der Waals surface area contributed by atoms with Crippen LogP contribution in [0.3, 0.4) is 0 Å². The second-order valence-electron chi connectivity index (χ2n) is 7.41. The van der Waals surface area contributed by atoms with E-state index in [-0.39, 0.29) is 0 Å². The smallest absolute Gasteiger partial charge is 0.135 e. The van der Waals surface area contributed by atoms with Crippen molar-refractivity contribution in [3.05, 3.63) is 100 Å². The second kappa shape index (κ2) is 10.3. The van der Waals surface area contributed by atoms with Crippen LogP contribution in [0.1, 0.15) is 12.5 Å². The van der Waals surface area contributed by atoms with Gasteiger partial charge in [-0.05, 0) is 55.8 Å². The molecule has 0 aliphatic carbocycles. The Morgan fingerprint density at radius 1 is 1.06 bits per heavy atom. The molecule has 32 heavy (non-hydrogen) atoms. The zero-order valence-corrected chi connectivity index (χ0v) is 20.9. The number of nitrogens with one attached hydrogen (secondary N) is 1. The summed E-state index contributed by atoms with van der Waals surface area (Å²) < 4.78 is 8.14. The Morgan fingerprint density at radius 3 is 2.66 bits per heavy atom. The van der Waals surface area contributed by atoms with Crippen molar-refractivity contribution in [1.29, 1.82) is 0 Å². The molecule has 0 unspecified atom stereocenters. The van der Waals surface area contributed by atoms with E-state index in [9.17, 15) is 0 Å². The summed E-state index contributed by atoms with van der Waals surface area (Å²) in [4.78, 5) is 0. The molecule has 1 aromatic heterocycles. The highest BCUT2D eigenvalue weighted by Gasteiger charge is 2.08. The first kappa shape index (κ1) is 22.5.